The minimum Gasteiger partial charge on any atom is -0.399 e. The molecule has 0 radical (unpaired) electrons. The summed E-state index contributed by atoms with van der Waals surface area (Å²) in [7, 11) is 0. The topological polar surface area (TPSA) is 81.9 Å². The molecule has 5 nitrogen and oxygen atoms in total. The van der Waals surface area contributed by atoms with E-state index < -0.39 is 0 Å². The standard InChI is InChI=1S/C29H26ClN5/c30-28-13-12-25(15-27(28)21-8-10-24(31)11-9-21)34-17-26-16-33-19-35(26)18-23-7-6-22(14-29(23)32)20-4-2-1-3-5-20/h1-16,19,34H,17-18,31-32H2. The van der Waals surface area contributed by atoms with E-state index >= 15 is 0 Å². The van der Waals surface area contributed by atoms with Crippen molar-refractivity contribution in [2.75, 3.05) is 16.8 Å². The molecular weight excluding hydrogens is 454 g/mol. The Bertz CT molecular complexity index is 1440. The van der Waals surface area contributed by atoms with Crippen LogP contribution in [0, 0.1) is 0 Å². The lowest BCUT2D eigenvalue weighted by Crippen LogP contribution is -2.09. The molecule has 5 aromatic rings. The summed E-state index contributed by atoms with van der Waals surface area (Å²) in [6, 6.07) is 30.1. The largest absolute Gasteiger partial charge is 0.399 e. The van der Waals surface area contributed by atoms with Gasteiger partial charge in [0.15, 0.2) is 0 Å². The Hall–Kier alpha value is -4.22. The van der Waals surface area contributed by atoms with Crippen LogP contribution < -0.4 is 16.8 Å². The van der Waals surface area contributed by atoms with Crippen LogP contribution >= 0.6 is 11.6 Å². The SMILES string of the molecule is Nc1ccc(-c2cc(NCc3cncn3Cc3ccc(-c4ccccc4)cc3N)ccc2Cl)cc1. The molecule has 5 rings (SSSR count). The molecule has 0 spiro atoms. The third kappa shape index (κ3) is 5.15. The van der Waals surface area contributed by atoms with Crippen LogP contribution in [0.3, 0.4) is 0 Å². The van der Waals surface area contributed by atoms with E-state index in [-0.39, 0.29) is 0 Å². The summed E-state index contributed by atoms with van der Waals surface area (Å²) in [6.07, 6.45) is 3.71. The molecule has 0 unspecified atom stereocenters. The first-order valence-electron chi connectivity index (χ1n) is 11.4. The zero-order chi connectivity index (χ0) is 24.2. The predicted octanol–water partition coefficient (Wildman–Crippen LogP) is 6.70. The molecule has 0 atom stereocenters. The van der Waals surface area contributed by atoms with Crippen molar-refractivity contribution in [1.82, 2.24) is 9.55 Å². The molecular formula is C29H26ClN5. The van der Waals surface area contributed by atoms with Crippen LogP contribution in [0.2, 0.25) is 5.02 Å². The molecule has 0 fully saturated rings. The zero-order valence-corrected chi connectivity index (χ0v) is 19.9. The van der Waals surface area contributed by atoms with Crippen LogP contribution in [0.15, 0.2) is 104 Å². The lowest BCUT2D eigenvalue weighted by atomic mass is 10.0. The van der Waals surface area contributed by atoms with E-state index in [1.807, 2.05) is 73.2 Å². The molecule has 5 N–H and O–H groups in total. The smallest absolute Gasteiger partial charge is 0.0951 e. The maximum atomic E-state index is 6.47. The first-order chi connectivity index (χ1) is 17.1. The summed E-state index contributed by atoms with van der Waals surface area (Å²) in [5, 5.41) is 4.19. The van der Waals surface area contributed by atoms with Gasteiger partial charge in [-0.05, 0) is 58.7 Å². The minimum absolute atomic E-state index is 0.616. The van der Waals surface area contributed by atoms with Gasteiger partial charge in [0, 0.05) is 33.8 Å². The average molecular weight is 480 g/mol. The molecule has 0 aliphatic carbocycles. The molecule has 174 valence electrons. The third-order valence-electron chi connectivity index (χ3n) is 6.05. The quantitative estimate of drug-likeness (QED) is 0.227. The summed E-state index contributed by atoms with van der Waals surface area (Å²) in [5.41, 5.74) is 21.1. The molecule has 0 saturated carbocycles. The Balaban J connectivity index is 1.30. The summed E-state index contributed by atoms with van der Waals surface area (Å²) < 4.78 is 2.11. The minimum atomic E-state index is 0.616. The molecule has 35 heavy (non-hydrogen) atoms. The fraction of sp³-hybridized carbons (Fsp3) is 0.0690. The molecule has 0 saturated heterocycles. The van der Waals surface area contributed by atoms with Gasteiger partial charge in [0.05, 0.1) is 25.1 Å². The van der Waals surface area contributed by atoms with E-state index in [1.165, 1.54) is 0 Å². The van der Waals surface area contributed by atoms with E-state index in [4.69, 9.17) is 23.1 Å². The van der Waals surface area contributed by atoms with Gasteiger partial charge < -0.3 is 21.4 Å². The zero-order valence-electron chi connectivity index (χ0n) is 19.2. The number of aromatic nitrogens is 2. The number of nitrogens with two attached hydrogens (primary N) is 2. The number of nitrogens with zero attached hydrogens (tertiary/aromatic N) is 2. The Morgan fingerprint density at radius 1 is 0.800 bits per heavy atom. The Labute approximate surface area is 210 Å². The van der Waals surface area contributed by atoms with Gasteiger partial charge in [0.25, 0.3) is 0 Å². The number of hydrogen-bond acceptors (Lipinski definition) is 4. The lowest BCUT2D eigenvalue weighted by molar-refractivity contribution is 0.751. The second kappa shape index (κ2) is 9.95. The van der Waals surface area contributed by atoms with Crippen molar-refractivity contribution in [2.45, 2.75) is 13.1 Å². The number of benzene rings is 4. The van der Waals surface area contributed by atoms with Crippen molar-refractivity contribution in [3.63, 3.8) is 0 Å². The van der Waals surface area contributed by atoms with Gasteiger partial charge in [0.1, 0.15) is 0 Å². The maximum absolute atomic E-state index is 6.47. The first kappa shape index (κ1) is 22.6. The summed E-state index contributed by atoms with van der Waals surface area (Å²) in [6.45, 7) is 1.26. The normalized spacial score (nSPS) is 10.9. The van der Waals surface area contributed by atoms with Crippen LogP contribution in [0.1, 0.15) is 11.3 Å². The van der Waals surface area contributed by atoms with Crippen LogP contribution in [0.4, 0.5) is 17.1 Å². The Kier molecular flexibility index (Phi) is 6.42. The number of anilines is 3. The predicted molar refractivity (Wildman–Crippen MR) is 146 cm³/mol. The summed E-state index contributed by atoms with van der Waals surface area (Å²) >= 11 is 6.47. The van der Waals surface area contributed by atoms with Crippen molar-refractivity contribution < 1.29 is 0 Å². The van der Waals surface area contributed by atoms with Gasteiger partial charge in [-0.1, -0.05) is 66.2 Å². The second-order valence-corrected chi connectivity index (χ2v) is 8.87. The highest BCUT2D eigenvalue weighted by atomic mass is 35.5. The Morgan fingerprint density at radius 3 is 2.34 bits per heavy atom. The van der Waals surface area contributed by atoms with Crippen LogP contribution in [-0.4, -0.2) is 9.55 Å². The second-order valence-electron chi connectivity index (χ2n) is 8.46. The number of halogens is 1. The average Bonchev–Trinajstić information content (AvgIpc) is 3.33. The van der Waals surface area contributed by atoms with Gasteiger partial charge in [-0.3, -0.25) is 0 Å². The first-order valence-corrected chi connectivity index (χ1v) is 11.8. The molecule has 0 bridgehead atoms. The van der Waals surface area contributed by atoms with Crippen molar-refractivity contribution in [3.05, 3.63) is 120 Å². The van der Waals surface area contributed by atoms with E-state index in [2.05, 4.69) is 45.2 Å². The number of rotatable bonds is 7. The van der Waals surface area contributed by atoms with E-state index in [0.717, 1.165) is 50.6 Å². The van der Waals surface area contributed by atoms with Crippen molar-refractivity contribution in [2.24, 2.45) is 0 Å². The molecule has 0 aliphatic heterocycles. The van der Waals surface area contributed by atoms with Gasteiger partial charge in [-0.2, -0.15) is 0 Å². The van der Waals surface area contributed by atoms with Crippen LogP contribution in [0.5, 0.6) is 0 Å². The third-order valence-corrected chi connectivity index (χ3v) is 6.38. The molecule has 6 heteroatoms. The van der Waals surface area contributed by atoms with Crippen LogP contribution in [-0.2, 0) is 13.1 Å². The number of nitrogen functional groups attached to an aromatic ring is 2. The molecule has 1 aromatic heterocycles. The van der Waals surface area contributed by atoms with Gasteiger partial charge >= 0.3 is 0 Å². The molecule has 4 aromatic carbocycles. The monoisotopic (exact) mass is 479 g/mol. The van der Waals surface area contributed by atoms with Crippen molar-refractivity contribution in [3.8, 4) is 22.3 Å². The highest BCUT2D eigenvalue weighted by Gasteiger charge is 2.09. The number of nitrogens with one attached hydrogen (secondary N) is 1. The summed E-state index contributed by atoms with van der Waals surface area (Å²) in [5.74, 6) is 0. The van der Waals surface area contributed by atoms with Gasteiger partial charge in [0.2, 0.25) is 0 Å². The highest BCUT2D eigenvalue weighted by Crippen LogP contribution is 2.31. The van der Waals surface area contributed by atoms with Crippen molar-refractivity contribution in [1.29, 1.82) is 0 Å². The fourth-order valence-electron chi connectivity index (χ4n) is 4.08. The fourth-order valence-corrected chi connectivity index (χ4v) is 4.31. The lowest BCUT2D eigenvalue weighted by Gasteiger charge is -2.14. The number of imidazole rings is 1. The van der Waals surface area contributed by atoms with E-state index in [9.17, 15) is 0 Å². The van der Waals surface area contributed by atoms with Gasteiger partial charge in [-0.25, -0.2) is 4.98 Å². The molecule has 0 amide bonds. The highest BCUT2D eigenvalue weighted by molar-refractivity contribution is 6.33. The van der Waals surface area contributed by atoms with E-state index in [0.29, 0.717) is 18.1 Å². The maximum Gasteiger partial charge on any atom is 0.0951 e. The molecule has 1 heterocycles. The number of hydrogen-bond donors (Lipinski definition) is 3. The van der Waals surface area contributed by atoms with Crippen LogP contribution in [0.25, 0.3) is 22.3 Å². The van der Waals surface area contributed by atoms with Crippen molar-refractivity contribution >= 4 is 28.7 Å². The molecule has 0 aliphatic rings. The van der Waals surface area contributed by atoms with Gasteiger partial charge in [-0.15, -0.1) is 0 Å². The summed E-state index contributed by atoms with van der Waals surface area (Å²) in [4.78, 5) is 4.36. The van der Waals surface area contributed by atoms with E-state index in [1.54, 1.807) is 0 Å². The Morgan fingerprint density at radius 2 is 1.57 bits per heavy atom.